The summed E-state index contributed by atoms with van der Waals surface area (Å²) >= 11 is 6.36. The molecule has 0 fully saturated rings. The van der Waals surface area contributed by atoms with Crippen LogP contribution in [0.2, 0.25) is 5.02 Å². The smallest absolute Gasteiger partial charge is 0.123 e. The van der Waals surface area contributed by atoms with E-state index in [9.17, 15) is 4.39 Å². The largest absolute Gasteiger partial charge is 0.305 e. The Morgan fingerprint density at radius 3 is 2.67 bits per heavy atom. The fraction of sp³-hybridized carbons (Fsp3) is 0.438. The summed E-state index contributed by atoms with van der Waals surface area (Å²) in [5.41, 5.74) is 2.83. The molecule has 2 rings (SSSR count). The number of nitrogens with one attached hydrogen (secondary N) is 1. The average molecular weight is 310 g/mol. The Bertz CT molecular complexity index is 622. The van der Waals surface area contributed by atoms with Crippen LogP contribution in [0.25, 0.3) is 0 Å². The summed E-state index contributed by atoms with van der Waals surface area (Å²) in [6, 6.07) is 4.94. The summed E-state index contributed by atoms with van der Waals surface area (Å²) in [6.45, 7) is 8.85. The normalized spacial score (nSPS) is 12.9. The Labute approximate surface area is 130 Å². The second-order valence-corrected chi connectivity index (χ2v) is 5.81. The molecule has 0 saturated heterocycles. The van der Waals surface area contributed by atoms with Gasteiger partial charge in [-0.25, -0.2) is 4.39 Å². The van der Waals surface area contributed by atoms with Crippen molar-refractivity contribution in [3.05, 3.63) is 52.1 Å². The van der Waals surface area contributed by atoms with E-state index in [2.05, 4.69) is 24.3 Å². The van der Waals surface area contributed by atoms with Gasteiger partial charge in [-0.3, -0.25) is 4.68 Å². The molecular weight excluding hydrogens is 289 g/mol. The van der Waals surface area contributed by atoms with Gasteiger partial charge in [-0.05, 0) is 50.6 Å². The van der Waals surface area contributed by atoms with Gasteiger partial charge in [-0.15, -0.1) is 0 Å². The number of aryl methyl sites for hydroxylation is 1. The molecule has 0 radical (unpaired) electrons. The van der Waals surface area contributed by atoms with Gasteiger partial charge in [-0.1, -0.05) is 24.6 Å². The summed E-state index contributed by atoms with van der Waals surface area (Å²) < 4.78 is 15.3. The summed E-state index contributed by atoms with van der Waals surface area (Å²) in [6.07, 6.45) is 1.67. The van der Waals surface area contributed by atoms with E-state index in [1.165, 1.54) is 6.07 Å². The predicted molar refractivity (Wildman–Crippen MR) is 84.3 cm³/mol. The van der Waals surface area contributed by atoms with Gasteiger partial charge in [0.25, 0.3) is 0 Å². The van der Waals surface area contributed by atoms with E-state index >= 15 is 0 Å². The first kappa shape index (κ1) is 16.0. The Morgan fingerprint density at radius 2 is 2.10 bits per heavy atom. The van der Waals surface area contributed by atoms with E-state index in [4.69, 9.17) is 11.6 Å². The minimum Gasteiger partial charge on any atom is -0.305 e. The molecule has 1 aromatic carbocycles. The van der Waals surface area contributed by atoms with Gasteiger partial charge in [0.05, 0.1) is 23.0 Å². The maximum absolute atomic E-state index is 13.4. The van der Waals surface area contributed by atoms with E-state index in [-0.39, 0.29) is 17.9 Å². The minimum atomic E-state index is -0.227. The number of nitrogens with zero attached hydrogens (tertiary/aromatic N) is 2. The maximum Gasteiger partial charge on any atom is 0.123 e. The third kappa shape index (κ3) is 3.27. The molecule has 0 saturated carbocycles. The first-order valence-corrected chi connectivity index (χ1v) is 7.55. The van der Waals surface area contributed by atoms with E-state index < -0.39 is 0 Å². The molecule has 0 aliphatic heterocycles. The first-order chi connectivity index (χ1) is 9.95. The van der Waals surface area contributed by atoms with Crippen molar-refractivity contribution in [1.29, 1.82) is 0 Å². The predicted octanol–water partition coefficient (Wildman–Crippen LogP) is 4.26. The molecule has 0 aliphatic carbocycles. The Morgan fingerprint density at radius 1 is 1.38 bits per heavy atom. The molecule has 0 spiro atoms. The summed E-state index contributed by atoms with van der Waals surface area (Å²) in [5.74, 6) is -0.227. The number of hydrogen-bond donors (Lipinski definition) is 1. The fourth-order valence-corrected chi connectivity index (χ4v) is 2.79. The lowest BCUT2D eigenvalue weighted by Gasteiger charge is -2.23. The third-order valence-corrected chi connectivity index (χ3v) is 3.79. The van der Waals surface area contributed by atoms with Crippen LogP contribution in [0.5, 0.6) is 0 Å². The molecule has 114 valence electrons. The van der Waals surface area contributed by atoms with Crippen molar-refractivity contribution in [3.8, 4) is 0 Å². The fourth-order valence-electron chi connectivity index (χ4n) is 2.55. The summed E-state index contributed by atoms with van der Waals surface area (Å²) in [5, 5.41) is 8.42. The van der Waals surface area contributed by atoms with Crippen LogP contribution >= 0.6 is 11.6 Å². The molecule has 2 aromatic rings. The molecule has 1 atom stereocenters. The van der Waals surface area contributed by atoms with Crippen molar-refractivity contribution >= 4 is 11.6 Å². The SMILES string of the molecule is CCNC(c1ccc(F)cc1C)c1c(Cl)cnn1C(C)C. The molecule has 1 N–H and O–H groups in total. The van der Waals surface area contributed by atoms with Gasteiger partial charge in [0.1, 0.15) is 5.82 Å². The lowest BCUT2D eigenvalue weighted by molar-refractivity contribution is 0.475. The van der Waals surface area contributed by atoms with Gasteiger partial charge < -0.3 is 5.32 Å². The van der Waals surface area contributed by atoms with E-state index in [1.807, 2.05) is 24.6 Å². The number of halogens is 2. The first-order valence-electron chi connectivity index (χ1n) is 7.18. The lowest BCUT2D eigenvalue weighted by atomic mass is 9.98. The Balaban J connectivity index is 2.56. The highest BCUT2D eigenvalue weighted by Crippen LogP contribution is 2.32. The zero-order chi connectivity index (χ0) is 15.6. The molecule has 21 heavy (non-hydrogen) atoms. The number of rotatable bonds is 5. The monoisotopic (exact) mass is 309 g/mol. The van der Waals surface area contributed by atoms with Gasteiger partial charge in [0, 0.05) is 6.04 Å². The van der Waals surface area contributed by atoms with Crippen molar-refractivity contribution in [2.75, 3.05) is 6.54 Å². The number of aromatic nitrogens is 2. The van der Waals surface area contributed by atoms with E-state index in [0.29, 0.717) is 5.02 Å². The van der Waals surface area contributed by atoms with Gasteiger partial charge in [0.2, 0.25) is 0 Å². The van der Waals surface area contributed by atoms with Gasteiger partial charge >= 0.3 is 0 Å². The van der Waals surface area contributed by atoms with Crippen LogP contribution in [-0.2, 0) is 0 Å². The molecule has 1 unspecified atom stereocenters. The second-order valence-electron chi connectivity index (χ2n) is 5.41. The summed E-state index contributed by atoms with van der Waals surface area (Å²) in [7, 11) is 0. The van der Waals surface area contributed by atoms with Crippen LogP contribution in [0.15, 0.2) is 24.4 Å². The standard InChI is InChI=1S/C16H21ClFN3/c1-5-19-15(13-7-6-12(18)8-11(13)4)16-14(17)9-20-21(16)10(2)3/h6-10,15,19H,5H2,1-4H3. The van der Waals surface area contributed by atoms with Crippen LogP contribution in [0.3, 0.4) is 0 Å². The highest BCUT2D eigenvalue weighted by molar-refractivity contribution is 6.31. The highest BCUT2D eigenvalue weighted by Gasteiger charge is 2.24. The Hall–Kier alpha value is -1.39. The van der Waals surface area contributed by atoms with E-state index in [0.717, 1.165) is 23.4 Å². The van der Waals surface area contributed by atoms with Crippen LogP contribution in [0.1, 0.15) is 49.7 Å². The Kier molecular flexibility index (Phi) is 5.01. The van der Waals surface area contributed by atoms with Crippen LogP contribution in [0, 0.1) is 12.7 Å². The second kappa shape index (κ2) is 6.58. The molecule has 3 nitrogen and oxygen atoms in total. The molecule has 1 aromatic heterocycles. The average Bonchev–Trinajstić information content (AvgIpc) is 2.79. The zero-order valence-corrected chi connectivity index (χ0v) is 13.6. The lowest BCUT2D eigenvalue weighted by Crippen LogP contribution is -2.26. The number of benzene rings is 1. The molecule has 0 aliphatic rings. The van der Waals surface area contributed by atoms with Crippen molar-refractivity contribution in [1.82, 2.24) is 15.1 Å². The molecule has 0 amide bonds. The van der Waals surface area contributed by atoms with Crippen LogP contribution < -0.4 is 5.32 Å². The van der Waals surface area contributed by atoms with Crippen molar-refractivity contribution in [3.63, 3.8) is 0 Å². The zero-order valence-electron chi connectivity index (χ0n) is 12.8. The third-order valence-electron chi connectivity index (χ3n) is 3.50. The quantitative estimate of drug-likeness (QED) is 0.894. The van der Waals surface area contributed by atoms with Crippen LogP contribution in [0.4, 0.5) is 4.39 Å². The van der Waals surface area contributed by atoms with Crippen LogP contribution in [-0.4, -0.2) is 16.3 Å². The number of hydrogen-bond acceptors (Lipinski definition) is 2. The van der Waals surface area contributed by atoms with Gasteiger partial charge in [-0.2, -0.15) is 5.10 Å². The topological polar surface area (TPSA) is 29.9 Å². The molecule has 1 heterocycles. The van der Waals surface area contributed by atoms with E-state index in [1.54, 1.807) is 12.3 Å². The highest BCUT2D eigenvalue weighted by atomic mass is 35.5. The maximum atomic E-state index is 13.4. The van der Waals surface area contributed by atoms with Crippen molar-refractivity contribution < 1.29 is 4.39 Å². The molecule has 5 heteroatoms. The van der Waals surface area contributed by atoms with Crippen molar-refractivity contribution in [2.45, 2.75) is 39.8 Å². The minimum absolute atomic E-state index is 0.104. The molecular formula is C16H21ClFN3. The molecule has 0 bridgehead atoms. The summed E-state index contributed by atoms with van der Waals surface area (Å²) in [4.78, 5) is 0. The van der Waals surface area contributed by atoms with Gasteiger partial charge in [0.15, 0.2) is 0 Å². The van der Waals surface area contributed by atoms with Crippen molar-refractivity contribution in [2.24, 2.45) is 0 Å².